The van der Waals surface area contributed by atoms with E-state index in [1.54, 1.807) is 6.07 Å². The van der Waals surface area contributed by atoms with E-state index in [1.165, 1.54) is 0 Å². The molecule has 0 bridgehead atoms. The van der Waals surface area contributed by atoms with Crippen molar-refractivity contribution in [2.45, 2.75) is 64.1 Å². The van der Waals surface area contributed by atoms with Crippen LogP contribution in [0.2, 0.25) is 5.02 Å². The first-order valence-electron chi connectivity index (χ1n) is 9.67. The molecular weight excluding hydrogens is 350 g/mol. The van der Waals surface area contributed by atoms with Crippen molar-refractivity contribution in [1.82, 2.24) is 5.32 Å². The number of nitrogens with one attached hydrogen (secondary N) is 1. The number of carbonyl (C=O) groups excluding carboxylic acids is 1. The number of hydrogen-bond acceptors (Lipinski definition) is 3. The smallest absolute Gasteiger partial charge is 0.252 e. The second-order valence-electron chi connectivity index (χ2n) is 8.68. The molecule has 26 heavy (non-hydrogen) atoms. The van der Waals surface area contributed by atoms with E-state index in [1.807, 2.05) is 12.1 Å². The SMILES string of the molecule is CC1CCC(C(C)C)C(O)(C(=O)NCC2(O)CCc3ccc(Cl)cc32)C1. The van der Waals surface area contributed by atoms with E-state index in [0.29, 0.717) is 23.8 Å². The van der Waals surface area contributed by atoms with Gasteiger partial charge in [-0.05, 0) is 66.7 Å². The number of halogens is 1. The number of fused-ring (bicyclic) bond motifs is 1. The van der Waals surface area contributed by atoms with Crippen molar-refractivity contribution >= 4 is 17.5 Å². The predicted molar refractivity (Wildman–Crippen MR) is 103 cm³/mol. The van der Waals surface area contributed by atoms with Crippen molar-refractivity contribution in [1.29, 1.82) is 0 Å². The first-order chi connectivity index (χ1) is 12.2. The molecule has 4 unspecified atom stereocenters. The van der Waals surface area contributed by atoms with Gasteiger partial charge in [-0.15, -0.1) is 0 Å². The molecule has 0 spiro atoms. The van der Waals surface area contributed by atoms with Crippen LogP contribution in [0.3, 0.4) is 0 Å². The van der Waals surface area contributed by atoms with Crippen LogP contribution in [0, 0.1) is 17.8 Å². The van der Waals surface area contributed by atoms with Crippen LogP contribution >= 0.6 is 11.6 Å². The third-order valence-corrected chi connectivity index (χ3v) is 6.60. The summed E-state index contributed by atoms with van der Waals surface area (Å²) in [6, 6.07) is 5.54. The number of carbonyl (C=O) groups is 1. The average Bonchev–Trinajstić information content (AvgIpc) is 2.89. The highest BCUT2D eigenvalue weighted by Gasteiger charge is 2.49. The summed E-state index contributed by atoms with van der Waals surface area (Å²) in [6.07, 6.45) is 3.67. The quantitative estimate of drug-likeness (QED) is 0.750. The maximum Gasteiger partial charge on any atom is 0.252 e. The standard InChI is InChI=1S/C21H30ClNO3/c1-13(2)17-7-4-14(3)11-21(17,26)19(24)23-12-20(25)9-8-15-5-6-16(22)10-18(15)20/h5-6,10,13-14,17,25-26H,4,7-9,11-12H2,1-3H3,(H,23,24). The van der Waals surface area contributed by atoms with Crippen molar-refractivity contribution in [2.24, 2.45) is 17.8 Å². The summed E-state index contributed by atoms with van der Waals surface area (Å²) in [5, 5.41) is 25.7. The maximum absolute atomic E-state index is 13.0. The van der Waals surface area contributed by atoms with Gasteiger partial charge in [0.2, 0.25) is 0 Å². The number of benzene rings is 1. The molecule has 2 aliphatic rings. The fourth-order valence-corrected chi connectivity index (χ4v) is 5.04. The summed E-state index contributed by atoms with van der Waals surface area (Å²) in [6.45, 7) is 6.29. The molecule has 1 aromatic rings. The molecule has 1 fully saturated rings. The summed E-state index contributed by atoms with van der Waals surface area (Å²) in [4.78, 5) is 13.0. The summed E-state index contributed by atoms with van der Waals surface area (Å²) < 4.78 is 0. The fraction of sp³-hybridized carbons (Fsp3) is 0.667. The molecule has 144 valence electrons. The van der Waals surface area contributed by atoms with Crippen molar-refractivity contribution in [2.75, 3.05) is 6.54 Å². The maximum atomic E-state index is 13.0. The Balaban J connectivity index is 1.75. The van der Waals surface area contributed by atoms with E-state index in [-0.39, 0.29) is 24.3 Å². The lowest BCUT2D eigenvalue weighted by atomic mass is 9.66. The van der Waals surface area contributed by atoms with Crippen molar-refractivity contribution < 1.29 is 15.0 Å². The van der Waals surface area contributed by atoms with Crippen molar-refractivity contribution in [3.05, 3.63) is 34.3 Å². The highest BCUT2D eigenvalue weighted by molar-refractivity contribution is 6.30. The van der Waals surface area contributed by atoms with E-state index in [2.05, 4.69) is 26.1 Å². The van der Waals surface area contributed by atoms with Crippen LogP contribution in [0.5, 0.6) is 0 Å². The largest absolute Gasteiger partial charge is 0.383 e. The minimum Gasteiger partial charge on any atom is -0.383 e. The Kier molecular flexibility index (Phi) is 5.40. The lowest BCUT2D eigenvalue weighted by Gasteiger charge is -2.43. The van der Waals surface area contributed by atoms with Crippen LogP contribution in [-0.4, -0.2) is 28.3 Å². The Morgan fingerprint density at radius 3 is 2.77 bits per heavy atom. The highest BCUT2D eigenvalue weighted by Crippen LogP contribution is 2.42. The number of hydrogen-bond donors (Lipinski definition) is 3. The zero-order valence-electron chi connectivity index (χ0n) is 15.9. The highest BCUT2D eigenvalue weighted by atomic mass is 35.5. The molecule has 4 atom stereocenters. The van der Waals surface area contributed by atoms with Crippen molar-refractivity contribution in [3.8, 4) is 0 Å². The van der Waals surface area contributed by atoms with Crippen LogP contribution in [0.1, 0.15) is 57.6 Å². The summed E-state index contributed by atoms with van der Waals surface area (Å²) in [5.74, 6) is 0.132. The molecule has 1 aromatic carbocycles. The topological polar surface area (TPSA) is 69.6 Å². The third-order valence-electron chi connectivity index (χ3n) is 6.36. The zero-order valence-corrected chi connectivity index (χ0v) is 16.6. The van der Waals surface area contributed by atoms with Gasteiger partial charge >= 0.3 is 0 Å². The van der Waals surface area contributed by atoms with Gasteiger partial charge < -0.3 is 15.5 Å². The van der Waals surface area contributed by atoms with E-state index in [0.717, 1.165) is 30.4 Å². The molecule has 0 heterocycles. The number of amides is 1. The first-order valence-corrected chi connectivity index (χ1v) is 10.1. The molecule has 1 saturated carbocycles. The Morgan fingerprint density at radius 2 is 2.08 bits per heavy atom. The third kappa shape index (κ3) is 3.51. The number of aliphatic hydroxyl groups is 2. The normalized spacial score (nSPS) is 34.0. The summed E-state index contributed by atoms with van der Waals surface area (Å²) >= 11 is 6.09. The lowest BCUT2D eigenvalue weighted by molar-refractivity contribution is -0.157. The van der Waals surface area contributed by atoms with Crippen molar-refractivity contribution in [3.63, 3.8) is 0 Å². The minimum atomic E-state index is -1.36. The Labute approximate surface area is 160 Å². The molecule has 0 saturated heterocycles. The molecule has 5 heteroatoms. The van der Waals surface area contributed by atoms with Crippen LogP contribution < -0.4 is 5.32 Å². The van der Waals surface area contributed by atoms with Gasteiger partial charge in [0.05, 0.1) is 6.54 Å². The second-order valence-corrected chi connectivity index (χ2v) is 9.11. The van der Waals surface area contributed by atoms with Gasteiger partial charge in [0.25, 0.3) is 5.91 Å². The molecule has 3 N–H and O–H groups in total. The summed E-state index contributed by atoms with van der Waals surface area (Å²) in [5.41, 5.74) is -0.636. The lowest BCUT2D eigenvalue weighted by Crippen LogP contribution is -2.57. The van der Waals surface area contributed by atoms with Crippen LogP contribution in [-0.2, 0) is 16.8 Å². The van der Waals surface area contributed by atoms with E-state index in [4.69, 9.17) is 11.6 Å². The van der Waals surface area contributed by atoms with Gasteiger partial charge in [0.15, 0.2) is 0 Å². The van der Waals surface area contributed by atoms with Crippen LogP contribution in [0.15, 0.2) is 18.2 Å². The number of aryl methyl sites for hydroxylation is 1. The molecule has 0 aromatic heterocycles. The molecule has 4 nitrogen and oxygen atoms in total. The monoisotopic (exact) mass is 379 g/mol. The average molecular weight is 380 g/mol. The van der Waals surface area contributed by atoms with Gasteiger partial charge in [-0.2, -0.15) is 0 Å². The van der Waals surface area contributed by atoms with E-state index in [9.17, 15) is 15.0 Å². The molecule has 3 rings (SSSR count). The van der Waals surface area contributed by atoms with Gasteiger partial charge in [-0.25, -0.2) is 0 Å². The second kappa shape index (κ2) is 7.14. The molecule has 2 aliphatic carbocycles. The summed E-state index contributed by atoms with van der Waals surface area (Å²) in [7, 11) is 0. The minimum absolute atomic E-state index is 0.0568. The van der Waals surface area contributed by atoms with Gasteiger partial charge in [-0.1, -0.05) is 44.9 Å². The zero-order chi connectivity index (χ0) is 19.1. The Morgan fingerprint density at radius 1 is 1.35 bits per heavy atom. The molecular formula is C21H30ClNO3. The van der Waals surface area contributed by atoms with Crippen LogP contribution in [0.25, 0.3) is 0 Å². The molecule has 1 amide bonds. The molecule has 0 aliphatic heterocycles. The van der Waals surface area contributed by atoms with Gasteiger partial charge in [0, 0.05) is 5.02 Å². The van der Waals surface area contributed by atoms with Gasteiger partial charge in [-0.3, -0.25) is 4.79 Å². The predicted octanol–water partition coefficient (Wildman–Crippen LogP) is 3.41. The Bertz CT molecular complexity index is 692. The number of rotatable bonds is 4. The van der Waals surface area contributed by atoms with E-state index < -0.39 is 11.2 Å². The molecule has 0 radical (unpaired) electrons. The van der Waals surface area contributed by atoms with Gasteiger partial charge in [0.1, 0.15) is 11.2 Å². The van der Waals surface area contributed by atoms with Crippen LogP contribution in [0.4, 0.5) is 0 Å². The first kappa shape index (κ1) is 19.7. The van der Waals surface area contributed by atoms with E-state index >= 15 is 0 Å². The fourth-order valence-electron chi connectivity index (χ4n) is 4.87. The Hall–Kier alpha value is -1.10.